The van der Waals surface area contributed by atoms with Crippen molar-refractivity contribution in [2.24, 2.45) is 0 Å². The summed E-state index contributed by atoms with van der Waals surface area (Å²) in [4.78, 5) is 25.9. The number of carbonyl (C=O) groups is 2. The van der Waals surface area contributed by atoms with E-state index in [4.69, 9.17) is 0 Å². The Balaban J connectivity index is 2.30. The first kappa shape index (κ1) is 15.4. The SMILES string of the molecule is CCCNC(=O)CN1C(=O)C(C)Nc2cc(C)c(C)cc21. The molecule has 1 aromatic rings. The predicted octanol–water partition coefficient (Wildman–Crippen LogP) is 1.98. The molecule has 0 aromatic heterocycles. The van der Waals surface area contributed by atoms with Crippen LogP contribution < -0.4 is 15.5 Å². The van der Waals surface area contributed by atoms with Crippen LogP contribution in [0.2, 0.25) is 0 Å². The van der Waals surface area contributed by atoms with E-state index in [0.29, 0.717) is 6.54 Å². The standard InChI is InChI=1S/C16H23N3O2/c1-5-6-17-15(20)9-19-14-8-11(3)10(2)7-13(14)18-12(4)16(19)21/h7-8,12,18H,5-6,9H2,1-4H3,(H,17,20). The molecule has 0 saturated heterocycles. The number of hydrogen-bond donors (Lipinski definition) is 2. The summed E-state index contributed by atoms with van der Waals surface area (Å²) in [5.41, 5.74) is 3.97. The Morgan fingerprint density at radius 1 is 1.33 bits per heavy atom. The van der Waals surface area contributed by atoms with Gasteiger partial charge in [-0.1, -0.05) is 6.92 Å². The van der Waals surface area contributed by atoms with Gasteiger partial charge in [-0.05, 0) is 50.5 Å². The summed E-state index contributed by atoms with van der Waals surface area (Å²) in [5, 5.41) is 6.02. The summed E-state index contributed by atoms with van der Waals surface area (Å²) in [6.07, 6.45) is 0.881. The van der Waals surface area contributed by atoms with Crippen molar-refractivity contribution in [1.82, 2.24) is 5.32 Å². The first-order valence-corrected chi connectivity index (χ1v) is 7.40. The normalized spacial score (nSPS) is 17.2. The number of anilines is 2. The molecular weight excluding hydrogens is 266 g/mol. The van der Waals surface area contributed by atoms with Crippen LogP contribution in [0.25, 0.3) is 0 Å². The number of hydrogen-bond acceptors (Lipinski definition) is 3. The molecule has 1 atom stereocenters. The van der Waals surface area contributed by atoms with E-state index in [1.807, 2.05) is 39.8 Å². The Bertz CT molecular complexity index is 569. The highest BCUT2D eigenvalue weighted by Gasteiger charge is 2.31. The lowest BCUT2D eigenvalue weighted by molar-refractivity contribution is -0.124. The summed E-state index contributed by atoms with van der Waals surface area (Å²) in [5.74, 6) is -0.194. The van der Waals surface area contributed by atoms with E-state index in [-0.39, 0.29) is 24.4 Å². The fraction of sp³-hybridized carbons (Fsp3) is 0.500. The molecule has 1 heterocycles. The fourth-order valence-corrected chi connectivity index (χ4v) is 2.41. The van der Waals surface area contributed by atoms with E-state index >= 15 is 0 Å². The lowest BCUT2D eigenvalue weighted by Gasteiger charge is -2.34. The Hall–Kier alpha value is -2.04. The molecule has 1 aliphatic rings. The number of nitrogens with zero attached hydrogens (tertiary/aromatic N) is 1. The van der Waals surface area contributed by atoms with E-state index in [0.717, 1.165) is 28.9 Å². The van der Waals surface area contributed by atoms with E-state index in [1.54, 1.807) is 4.90 Å². The van der Waals surface area contributed by atoms with Crippen molar-refractivity contribution < 1.29 is 9.59 Å². The van der Waals surface area contributed by atoms with Gasteiger partial charge in [0, 0.05) is 6.54 Å². The predicted molar refractivity (Wildman–Crippen MR) is 84.7 cm³/mol. The van der Waals surface area contributed by atoms with Crippen molar-refractivity contribution in [2.75, 3.05) is 23.3 Å². The minimum Gasteiger partial charge on any atom is -0.372 e. The molecule has 5 nitrogen and oxygen atoms in total. The van der Waals surface area contributed by atoms with Crippen LogP contribution in [0, 0.1) is 13.8 Å². The van der Waals surface area contributed by atoms with Crippen molar-refractivity contribution in [1.29, 1.82) is 0 Å². The van der Waals surface area contributed by atoms with Gasteiger partial charge in [-0.15, -0.1) is 0 Å². The number of nitrogens with one attached hydrogen (secondary N) is 2. The van der Waals surface area contributed by atoms with Gasteiger partial charge in [-0.25, -0.2) is 0 Å². The Kier molecular flexibility index (Phi) is 4.50. The van der Waals surface area contributed by atoms with Gasteiger partial charge in [0.15, 0.2) is 0 Å². The molecule has 0 bridgehead atoms. The molecule has 0 fully saturated rings. The minimum atomic E-state index is -0.321. The van der Waals surface area contributed by atoms with Gasteiger partial charge >= 0.3 is 0 Å². The molecule has 1 aromatic carbocycles. The van der Waals surface area contributed by atoms with Crippen LogP contribution in [0.4, 0.5) is 11.4 Å². The third-order valence-corrected chi connectivity index (χ3v) is 3.79. The minimum absolute atomic E-state index is 0.0698. The second kappa shape index (κ2) is 6.16. The van der Waals surface area contributed by atoms with Gasteiger partial charge in [0.2, 0.25) is 11.8 Å². The molecule has 1 unspecified atom stereocenters. The number of carbonyl (C=O) groups excluding carboxylic acids is 2. The second-order valence-corrected chi connectivity index (χ2v) is 5.59. The Morgan fingerprint density at radius 3 is 2.67 bits per heavy atom. The van der Waals surface area contributed by atoms with Crippen molar-refractivity contribution >= 4 is 23.2 Å². The number of benzene rings is 1. The van der Waals surface area contributed by atoms with Crippen molar-refractivity contribution in [3.63, 3.8) is 0 Å². The highest BCUT2D eigenvalue weighted by molar-refractivity contribution is 6.07. The zero-order valence-corrected chi connectivity index (χ0v) is 13.1. The fourth-order valence-electron chi connectivity index (χ4n) is 2.41. The van der Waals surface area contributed by atoms with Crippen molar-refractivity contribution in [2.45, 2.75) is 40.2 Å². The first-order chi connectivity index (χ1) is 9.93. The largest absolute Gasteiger partial charge is 0.372 e. The first-order valence-electron chi connectivity index (χ1n) is 7.40. The number of amides is 2. The van der Waals surface area contributed by atoms with E-state index in [2.05, 4.69) is 10.6 Å². The molecule has 0 spiro atoms. The maximum Gasteiger partial charge on any atom is 0.249 e. The summed E-state index contributed by atoms with van der Waals surface area (Å²) in [7, 11) is 0. The highest BCUT2D eigenvalue weighted by Crippen LogP contribution is 2.33. The zero-order chi connectivity index (χ0) is 15.6. The molecule has 114 valence electrons. The van der Waals surface area contributed by atoms with Crippen LogP contribution >= 0.6 is 0 Å². The quantitative estimate of drug-likeness (QED) is 0.891. The van der Waals surface area contributed by atoms with E-state index in [9.17, 15) is 9.59 Å². The van der Waals surface area contributed by atoms with Gasteiger partial charge in [0.05, 0.1) is 11.4 Å². The van der Waals surface area contributed by atoms with Gasteiger partial charge in [-0.2, -0.15) is 0 Å². The van der Waals surface area contributed by atoms with E-state index < -0.39 is 0 Å². The Labute approximate surface area is 125 Å². The average molecular weight is 289 g/mol. The van der Waals surface area contributed by atoms with Gasteiger partial charge in [0.25, 0.3) is 0 Å². The lowest BCUT2D eigenvalue weighted by Crippen LogP contribution is -2.49. The molecule has 1 aliphatic heterocycles. The van der Waals surface area contributed by atoms with Crippen molar-refractivity contribution in [3.8, 4) is 0 Å². The van der Waals surface area contributed by atoms with Crippen LogP contribution in [0.1, 0.15) is 31.4 Å². The monoisotopic (exact) mass is 289 g/mol. The number of rotatable bonds is 4. The summed E-state index contributed by atoms with van der Waals surface area (Å²) in [6, 6.07) is 3.68. The summed E-state index contributed by atoms with van der Waals surface area (Å²) >= 11 is 0. The molecule has 2 amide bonds. The Morgan fingerprint density at radius 2 is 2.00 bits per heavy atom. The summed E-state index contributed by atoms with van der Waals surface area (Å²) in [6.45, 7) is 8.57. The molecule has 5 heteroatoms. The molecule has 0 saturated carbocycles. The third kappa shape index (κ3) is 3.17. The molecule has 2 rings (SSSR count). The third-order valence-electron chi connectivity index (χ3n) is 3.79. The van der Waals surface area contributed by atoms with Gasteiger partial charge in [0.1, 0.15) is 12.6 Å². The average Bonchev–Trinajstić information content (AvgIpc) is 2.44. The molecule has 2 N–H and O–H groups in total. The molecule has 0 radical (unpaired) electrons. The molecular formula is C16H23N3O2. The van der Waals surface area contributed by atoms with Crippen LogP contribution in [-0.4, -0.2) is 30.9 Å². The van der Waals surface area contributed by atoms with Crippen LogP contribution in [-0.2, 0) is 9.59 Å². The van der Waals surface area contributed by atoms with Crippen LogP contribution in [0.15, 0.2) is 12.1 Å². The number of aryl methyl sites for hydroxylation is 2. The van der Waals surface area contributed by atoms with Gasteiger partial charge < -0.3 is 10.6 Å². The van der Waals surface area contributed by atoms with E-state index in [1.165, 1.54) is 0 Å². The molecule has 21 heavy (non-hydrogen) atoms. The van der Waals surface area contributed by atoms with Crippen molar-refractivity contribution in [3.05, 3.63) is 23.3 Å². The lowest BCUT2D eigenvalue weighted by atomic mass is 10.0. The van der Waals surface area contributed by atoms with Crippen LogP contribution in [0.5, 0.6) is 0 Å². The maximum absolute atomic E-state index is 12.4. The van der Waals surface area contributed by atoms with Crippen LogP contribution in [0.3, 0.4) is 0 Å². The zero-order valence-electron chi connectivity index (χ0n) is 13.1. The van der Waals surface area contributed by atoms with Gasteiger partial charge in [-0.3, -0.25) is 14.5 Å². The second-order valence-electron chi connectivity index (χ2n) is 5.59. The number of fused-ring (bicyclic) bond motifs is 1. The summed E-state index contributed by atoms with van der Waals surface area (Å²) < 4.78 is 0. The maximum atomic E-state index is 12.4. The highest BCUT2D eigenvalue weighted by atomic mass is 16.2. The molecule has 0 aliphatic carbocycles. The smallest absolute Gasteiger partial charge is 0.249 e. The topological polar surface area (TPSA) is 61.4 Å².